The number of nitrogens with zero attached hydrogens (tertiary/aromatic N) is 1. The standard InChI is InChI=1S/C24H39NO5/c1-5-25-11-22(12-28-2)7-6-18(30-4)24-14-8-13-16(29-3)10-23(27,19(14)20(13)26)15(21(24)25)9-17(22)24/h13-21,26-27H,5-12H2,1-4H3/t13?,14?,15?,16?,17?,18?,19?,20-,21+,22-,23-,24?/m0/s1. The maximum Gasteiger partial charge on any atom is 0.0771 e. The van der Waals surface area contributed by atoms with Crippen molar-refractivity contribution in [3.05, 3.63) is 0 Å². The van der Waals surface area contributed by atoms with E-state index in [1.165, 1.54) is 0 Å². The Hall–Kier alpha value is -0.240. The summed E-state index contributed by atoms with van der Waals surface area (Å²) in [6, 6.07) is 0.329. The lowest BCUT2D eigenvalue weighted by atomic mass is 9.43. The van der Waals surface area contributed by atoms with Gasteiger partial charge < -0.3 is 24.4 Å². The predicted molar refractivity (Wildman–Crippen MR) is 111 cm³/mol. The van der Waals surface area contributed by atoms with E-state index in [-0.39, 0.29) is 46.7 Å². The molecule has 1 aliphatic heterocycles. The van der Waals surface area contributed by atoms with Crippen LogP contribution in [0, 0.1) is 40.4 Å². The molecule has 1 heterocycles. The minimum absolute atomic E-state index is 0.000283. The number of aliphatic hydroxyl groups is 2. The van der Waals surface area contributed by atoms with Crippen LogP contribution in [-0.4, -0.2) is 86.1 Å². The summed E-state index contributed by atoms with van der Waals surface area (Å²) in [7, 11) is 5.48. The molecule has 6 nitrogen and oxygen atoms in total. The second-order valence-corrected chi connectivity index (χ2v) is 11.5. The maximum absolute atomic E-state index is 12.4. The first kappa shape index (κ1) is 20.4. The Balaban J connectivity index is 1.58. The number of fused-ring (bicyclic) bond motifs is 2. The molecule has 30 heavy (non-hydrogen) atoms. The second kappa shape index (κ2) is 6.42. The third-order valence-electron chi connectivity index (χ3n) is 11.2. The average Bonchev–Trinajstić information content (AvgIpc) is 3.15. The van der Waals surface area contributed by atoms with E-state index >= 15 is 0 Å². The van der Waals surface area contributed by atoms with Gasteiger partial charge in [0.15, 0.2) is 0 Å². The van der Waals surface area contributed by atoms with Crippen molar-refractivity contribution in [2.24, 2.45) is 40.4 Å². The van der Waals surface area contributed by atoms with Crippen molar-refractivity contribution in [3.8, 4) is 0 Å². The average molecular weight is 422 g/mol. The third kappa shape index (κ3) is 2.00. The van der Waals surface area contributed by atoms with Gasteiger partial charge in [0.1, 0.15) is 0 Å². The van der Waals surface area contributed by atoms with E-state index in [2.05, 4.69) is 11.8 Å². The lowest BCUT2D eigenvalue weighted by Gasteiger charge is -2.69. The van der Waals surface area contributed by atoms with E-state index in [0.29, 0.717) is 18.4 Å². The lowest BCUT2D eigenvalue weighted by Crippen LogP contribution is -2.76. The summed E-state index contributed by atoms with van der Waals surface area (Å²) in [5.41, 5.74) is -0.719. The molecule has 6 heteroatoms. The van der Waals surface area contributed by atoms with Crippen molar-refractivity contribution in [1.82, 2.24) is 4.90 Å². The molecule has 0 amide bonds. The quantitative estimate of drug-likeness (QED) is 0.702. The number of likely N-dealkylation sites (tertiary alicyclic amines) is 1. The SMILES string of the molecule is CCN1C[C@]2(COC)CCC(OC)C34C5CC6C(OC)C[C@@](O)(C5[C@H]6O)C(CC32)[C@@H]14. The number of rotatable bonds is 5. The number of methoxy groups -OCH3 is 3. The van der Waals surface area contributed by atoms with Gasteiger partial charge in [0.05, 0.1) is 30.5 Å². The summed E-state index contributed by atoms with van der Waals surface area (Å²) in [5, 5.41) is 23.8. The van der Waals surface area contributed by atoms with Crippen LogP contribution in [0.5, 0.6) is 0 Å². The smallest absolute Gasteiger partial charge is 0.0771 e. The molecule has 5 saturated carbocycles. The van der Waals surface area contributed by atoms with Crippen molar-refractivity contribution in [1.29, 1.82) is 0 Å². The molecule has 5 aliphatic carbocycles. The van der Waals surface area contributed by atoms with Crippen LogP contribution in [0.1, 0.15) is 39.0 Å². The number of ether oxygens (including phenoxy) is 3. The van der Waals surface area contributed by atoms with Gasteiger partial charge in [-0.15, -0.1) is 0 Å². The van der Waals surface area contributed by atoms with Crippen LogP contribution in [0.3, 0.4) is 0 Å². The van der Waals surface area contributed by atoms with E-state index < -0.39 is 11.7 Å². The monoisotopic (exact) mass is 421 g/mol. The Labute approximate surface area is 180 Å². The summed E-state index contributed by atoms with van der Waals surface area (Å²) < 4.78 is 18.0. The van der Waals surface area contributed by atoms with Crippen molar-refractivity contribution in [3.63, 3.8) is 0 Å². The summed E-state index contributed by atoms with van der Waals surface area (Å²) >= 11 is 0. The Kier molecular flexibility index (Phi) is 4.36. The van der Waals surface area contributed by atoms with Crippen LogP contribution in [-0.2, 0) is 14.2 Å². The minimum atomic E-state index is -0.847. The highest BCUT2D eigenvalue weighted by Gasteiger charge is 2.83. The van der Waals surface area contributed by atoms with E-state index in [4.69, 9.17) is 14.2 Å². The van der Waals surface area contributed by atoms with E-state index in [9.17, 15) is 10.2 Å². The molecule has 0 aromatic heterocycles. The van der Waals surface area contributed by atoms with Gasteiger partial charge in [0, 0.05) is 68.9 Å². The number of aliphatic hydroxyl groups excluding tert-OH is 1. The van der Waals surface area contributed by atoms with Gasteiger partial charge in [-0.05, 0) is 44.1 Å². The highest BCUT2D eigenvalue weighted by Crippen LogP contribution is 2.79. The fraction of sp³-hybridized carbons (Fsp3) is 1.00. The molecule has 0 aromatic rings. The van der Waals surface area contributed by atoms with Crippen molar-refractivity contribution in [2.45, 2.75) is 69.0 Å². The Bertz CT molecular complexity index is 720. The Morgan fingerprint density at radius 3 is 2.57 bits per heavy atom. The van der Waals surface area contributed by atoms with Crippen molar-refractivity contribution >= 4 is 0 Å². The normalized spacial score (nSPS) is 60.8. The first-order valence-corrected chi connectivity index (χ1v) is 12.1. The van der Waals surface area contributed by atoms with E-state index in [1.807, 2.05) is 14.2 Å². The van der Waals surface area contributed by atoms with Gasteiger partial charge >= 0.3 is 0 Å². The van der Waals surface area contributed by atoms with Crippen LogP contribution in [0.4, 0.5) is 0 Å². The van der Waals surface area contributed by atoms with E-state index in [1.54, 1.807) is 7.11 Å². The van der Waals surface area contributed by atoms with E-state index in [0.717, 1.165) is 45.4 Å². The highest BCUT2D eigenvalue weighted by atomic mass is 16.5. The van der Waals surface area contributed by atoms with Crippen LogP contribution in [0.25, 0.3) is 0 Å². The molecule has 1 saturated heterocycles. The first-order valence-electron chi connectivity index (χ1n) is 12.1. The maximum atomic E-state index is 12.4. The molecule has 7 bridgehead atoms. The molecule has 6 rings (SSSR count). The van der Waals surface area contributed by atoms with Crippen molar-refractivity contribution < 1.29 is 24.4 Å². The lowest BCUT2D eigenvalue weighted by molar-refractivity contribution is -0.276. The zero-order chi connectivity index (χ0) is 21.1. The summed E-state index contributed by atoms with van der Waals surface area (Å²) in [5.74, 6) is 1.03. The van der Waals surface area contributed by atoms with Gasteiger partial charge in [-0.2, -0.15) is 0 Å². The molecule has 170 valence electrons. The fourth-order valence-corrected chi connectivity index (χ4v) is 10.7. The van der Waals surface area contributed by atoms with Gasteiger partial charge in [-0.25, -0.2) is 0 Å². The molecular weight excluding hydrogens is 382 g/mol. The van der Waals surface area contributed by atoms with Gasteiger partial charge in [0.25, 0.3) is 0 Å². The summed E-state index contributed by atoms with van der Waals surface area (Å²) in [6.45, 7) is 5.11. The number of hydrogen-bond acceptors (Lipinski definition) is 6. The summed E-state index contributed by atoms with van der Waals surface area (Å²) in [4.78, 5) is 2.67. The zero-order valence-electron chi connectivity index (χ0n) is 18.9. The molecule has 6 aliphatic rings. The van der Waals surface area contributed by atoms with Gasteiger partial charge in [-0.1, -0.05) is 6.92 Å². The van der Waals surface area contributed by atoms with Crippen LogP contribution >= 0.6 is 0 Å². The minimum Gasteiger partial charge on any atom is -0.392 e. The molecule has 1 spiro atoms. The second-order valence-electron chi connectivity index (χ2n) is 11.5. The Morgan fingerprint density at radius 2 is 1.90 bits per heavy atom. The zero-order valence-corrected chi connectivity index (χ0v) is 18.9. The Morgan fingerprint density at radius 1 is 1.10 bits per heavy atom. The number of hydrogen-bond donors (Lipinski definition) is 2. The van der Waals surface area contributed by atoms with Gasteiger partial charge in [0.2, 0.25) is 0 Å². The van der Waals surface area contributed by atoms with Crippen LogP contribution in [0.2, 0.25) is 0 Å². The molecule has 8 unspecified atom stereocenters. The van der Waals surface area contributed by atoms with Crippen LogP contribution in [0.15, 0.2) is 0 Å². The number of piperidine rings is 1. The molecular formula is C24H39NO5. The topological polar surface area (TPSA) is 71.4 Å². The third-order valence-corrected chi connectivity index (χ3v) is 11.2. The first-order chi connectivity index (χ1) is 14.4. The molecule has 6 fully saturated rings. The molecule has 0 radical (unpaired) electrons. The van der Waals surface area contributed by atoms with Crippen molar-refractivity contribution in [2.75, 3.05) is 41.0 Å². The molecule has 2 N–H and O–H groups in total. The summed E-state index contributed by atoms with van der Waals surface area (Å²) in [6.07, 6.45) is 4.52. The predicted octanol–water partition coefficient (Wildman–Crippen LogP) is 1.53. The molecule has 0 aromatic carbocycles. The van der Waals surface area contributed by atoms with Crippen LogP contribution < -0.4 is 0 Å². The largest absolute Gasteiger partial charge is 0.392 e. The van der Waals surface area contributed by atoms with Gasteiger partial charge in [-0.3, -0.25) is 4.90 Å². The fourth-order valence-electron chi connectivity index (χ4n) is 10.7. The highest BCUT2D eigenvalue weighted by molar-refractivity contribution is 5.33. The molecule has 12 atom stereocenters.